The van der Waals surface area contributed by atoms with E-state index in [1.165, 1.54) is 0 Å². The molecule has 5 nitrogen and oxygen atoms in total. The summed E-state index contributed by atoms with van der Waals surface area (Å²) in [5, 5.41) is 1.05. The minimum atomic E-state index is 0.0319. The van der Waals surface area contributed by atoms with Gasteiger partial charge in [0.1, 0.15) is 5.82 Å². The first-order valence-electron chi connectivity index (χ1n) is 7.40. The third-order valence-corrected chi connectivity index (χ3v) is 4.28. The Labute approximate surface area is 144 Å². The van der Waals surface area contributed by atoms with E-state index >= 15 is 0 Å². The molecular formula is C16H16Cl2N4O. The Morgan fingerprint density at radius 3 is 2.61 bits per heavy atom. The number of aromatic nitrogens is 2. The molecule has 1 aliphatic heterocycles. The first-order chi connectivity index (χ1) is 11.1. The summed E-state index contributed by atoms with van der Waals surface area (Å²) in [4.78, 5) is 24.8. The van der Waals surface area contributed by atoms with Gasteiger partial charge in [0.15, 0.2) is 0 Å². The molecule has 2 aromatic rings. The Morgan fingerprint density at radius 1 is 1.09 bits per heavy atom. The first kappa shape index (κ1) is 16.0. The Bertz CT molecular complexity index is 696. The number of anilines is 1. The molecule has 0 spiro atoms. The number of rotatable bonds is 2. The molecule has 1 saturated heterocycles. The van der Waals surface area contributed by atoms with Gasteiger partial charge in [-0.15, -0.1) is 0 Å². The average Bonchev–Trinajstić information content (AvgIpc) is 2.81. The summed E-state index contributed by atoms with van der Waals surface area (Å²) in [5.41, 5.74) is 0.663. The van der Waals surface area contributed by atoms with Gasteiger partial charge in [-0.1, -0.05) is 23.2 Å². The minimum Gasteiger partial charge on any atom is -0.354 e. The van der Waals surface area contributed by atoms with Gasteiger partial charge in [-0.2, -0.15) is 0 Å². The van der Waals surface area contributed by atoms with Crippen molar-refractivity contribution in [3.8, 4) is 0 Å². The molecule has 0 aliphatic carbocycles. The fourth-order valence-electron chi connectivity index (χ4n) is 2.65. The lowest BCUT2D eigenvalue weighted by molar-refractivity contribution is 0.0767. The van der Waals surface area contributed by atoms with Gasteiger partial charge in [0.25, 0.3) is 5.91 Å². The van der Waals surface area contributed by atoms with Crippen LogP contribution < -0.4 is 4.90 Å². The first-order valence-corrected chi connectivity index (χ1v) is 8.16. The average molecular weight is 351 g/mol. The summed E-state index contributed by atoms with van der Waals surface area (Å²) < 4.78 is 0. The summed E-state index contributed by atoms with van der Waals surface area (Å²) in [6, 6.07) is 5.17. The molecule has 23 heavy (non-hydrogen) atoms. The Balaban J connectivity index is 1.71. The second-order valence-corrected chi connectivity index (χ2v) is 6.17. The zero-order valence-electron chi connectivity index (χ0n) is 12.5. The van der Waals surface area contributed by atoms with E-state index in [0.717, 1.165) is 13.0 Å². The SMILES string of the molecule is O=C(c1ccncc1)N1CCCN(c2ncc(Cl)cc2Cl)CC1. The molecule has 120 valence electrons. The van der Waals surface area contributed by atoms with Crippen LogP contribution >= 0.6 is 23.2 Å². The Kier molecular flexibility index (Phi) is 4.98. The van der Waals surface area contributed by atoms with Crippen molar-refractivity contribution in [1.29, 1.82) is 0 Å². The smallest absolute Gasteiger partial charge is 0.254 e. The van der Waals surface area contributed by atoms with Crippen molar-refractivity contribution in [2.45, 2.75) is 6.42 Å². The maximum absolute atomic E-state index is 12.5. The van der Waals surface area contributed by atoms with E-state index in [4.69, 9.17) is 23.2 Å². The van der Waals surface area contributed by atoms with Gasteiger partial charge < -0.3 is 9.80 Å². The molecule has 2 aromatic heterocycles. The van der Waals surface area contributed by atoms with Crippen LogP contribution in [0.1, 0.15) is 16.8 Å². The number of hydrogen-bond donors (Lipinski definition) is 0. The monoisotopic (exact) mass is 350 g/mol. The van der Waals surface area contributed by atoms with Crippen molar-refractivity contribution in [3.05, 3.63) is 52.4 Å². The lowest BCUT2D eigenvalue weighted by Crippen LogP contribution is -2.35. The van der Waals surface area contributed by atoms with Gasteiger partial charge in [-0.05, 0) is 24.6 Å². The van der Waals surface area contributed by atoms with Gasteiger partial charge in [0.05, 0.1) is 10.0 Å². The number of pyridine rings is 2. The molecule has 0 radical (unpaired) electrons. The summed E-state index contributed by atoms with van der Waals surface area (Å²) in [6.45, 7) is 2.82. The normalized spacial score (nSPS) is 15.4. The Morgan fingerprint density at radius 2 is 1.87 bits per heavy atom. The molecule has 0 N–H and O–H groups in total. The van der Waals surface area contributed by atoms with Crippen molar-refractivity contribution in [1.82, 2.24) is 14.9 Å². The fourth-order valence-corrected chi connectivity index (χ4v) is 3.15. The number of nitrogens with zero attached hydrogens (tertiary/aromatic N) is 4. The predicted molar refractivity (Wildman–Crippen MR) is 91.2 cm³/mol. The van der Waals surface area contributed by atoms with Crippen molar-refractivity contribution in [2.24, 2.45) is 0 Å². The molecule has 1 amide bonds. The highest BCUT2D eigenvalue weighted by Crippen LogP contribution is 2.26. The number of carbonyl (C=O) groups is 1. The molecule has 3 heterocycles. The zero-order valence-corrected chi connectivity index (χ0v) is 14.0. The topological polar surface area (TPSA) is 49.3 Å². The second-order valence-electron chi connectivity index (χ2n) is 5.33. The molecule has 1 aliphatic rings. The molecule has 7 heteroatoms. The van der Waals surface area contributed by atoms with Crippen LogP contribution in [0.4, 0.5) is 5.82 Å². The van der Waals surface area contributed by atoms with E-state index in [2.05, 4.69) is 14.9 Å². The van der Waals surface area contributed by atoms with Crippen LogP contribution in [-0.4, -0.2) is 47.0 Å². The van der Waals surface area contributed by atoms with Crippen LogP contribution in [0.5, 0.6) is 0 Å². The van der Waals surface area contributed by atoms with Crippen molar-refractivity contribution < 1.29 is 4.79 Å². The number of hydrogen-bond acceptors (Lipinski definition) is 4. The molecule has 1 fully saturated rings. The van der Waals surface area contributed by atoms with E-state index in [0.29, 0.717) is 41.1 Å². The summed E-state index contributed by atoms with van der Waals surface area (Å²) in [6.07, 6.45) is 5.72. The van der Waals surface area contributed by atoms with Crippen LogP contribution in [-0.2, 0) is 0 Å². The number of carbonyl (C=O) groups excluding carboxylic acids is 1. The maximum atomic E-state index is 12.5. The van der Waals surface area contributed by atoms with Gasteiger partial charge >= 0.3 is 0 Å². The highest BCUT2D eigenvalue weighted by atomic mass is 35.5. The number of halogens is 2. The molecule has 0 atom stereocenters. The van der Waals surface area contributed by atoms with E-state index in [-0.39, 0.29) is 5.91 Å². The predicted octanol–water partition coefficient (Wildman–Crippen LogP) is 3.14. The van der Waals surface area contributed by atoms with Crippen LogP contribution in [0.3, 0.4) is 0 Å². The number of amides is 1. The lowest BCUT2D eigenvalue weighted by Gasteiger charge is -2.23. The third-order valence-electron chi connectivity index (χ3n) is 3.80. The van der Waals surface area contributed by atoms with Crippen molar-refractivity contribution in [3.63, 3.8) is 0 Å². The minimum absolute atomic E-state index is 0.0319. The van der Waals surface area contributed by atoms with Crippen molar-refractivity contribution >= 4 is 34.9 Å². The standard InChI is InChI=1S/C16H16Cl2N4O/c17-13-10-14(18)15(20-11-13)21-6-1-7-22(9-8-21)16(23)12-2-4-19-5-3-12/h2-5,10-11H,1,6-9H2. The third kappa shape index (κ3) is 3.74. The second kappa shape index (κ2) is 7.15. The van der Waals surface area contributed by atoms with E-state index in [1.54, 1.807) is 36.8 Å². The highest BCUT2D eigenvalue weighted by molar-refractivity contribution is 6.36. The molecule has 0 unspecified atom stereocenters. The lowest BCUT2D eigenvalue weighted by atomic mass is 10.2. The Hall–Kier alpha value is -1.85. The summed E-state index contributed by atoms with van der Waals surface area (Å²) in [5.74, 6) is 0.749. The maximum Gasteiger partial charge on any atom is 0.254 e. The summed E-state index contributed by atoms with van der Waals surface area (Å²) >= 11 is 12.1. The summed E-state index contributed by atoms with van der Waals surface area (Å²) in [7, 11) is 0. The van der Waals surface area contributed by atoms with Gasteiger partial charge in [0.2, 0.25) is 0 Å². The van der Waals surface area contributed by atoms with Gasteiger partial charge in [-0.25, -0.2) is 4.98 Å². The van der Waals surface area contributed by atoms with Crippen LogP contribution in [0.2, 0.25) is 10.0 Å². The van der Waals surface area contributed by atoms with Crippen molar-refractivity contribution in [2.75, 3.05) is 31.1 Å². The quantitative estimate of drug-likeness (QED) is 0.834. The fraction of sp³-hybridized carbons (Fsp3) is 0.312. The van der Waals surface area contributed by atoms with Gasteiger partial charge in [0, 0.05) is 50.3 Å². The molecular weight excluding hydrogens is 335 g/mol. The highest BCUT2D eigenvalue weighted by Gasteiger charge is 2.22. The van der Waals surface area contributed by atoms with Crippen LogP contribution in [0.25, 0.3) is 0 Å². The van der Waals surface area contributed by atoms with Crippen LogP contribution in [0, 0.1) is 0 Å². The van der Waals surface area contributed by atoms with Gasteiger partial charge in [-0.3, -0.25) is 9.78 Å². The van der Waals surface area contributed by atoms with Crippen LogP contribution in [0.15, 0.2) is 36.8 Å². The molecule has 0 aromatic carbocycles. The van der Waals surface area contributed by atoms with E-state index in [1.807, 2.05) is 4.90 Å². The molecule has 0 bridgehead atoms. The largest absolute Gasteiger partial charge is 0.354 e. The van der Waals surface area contributed by atoms with E-state index < -0.39 is 0 Å². The van der Waals surface area contributed by atoms with E-state index in [9.17, 15) is 4.79 Å². The zero-order chi connectivity index (χ0) is 16.2. The molecule has 0 saturated carbocycles. The molecule has 3 rings (SSSR count).